The highest BCUT2D eigenvalue weighted by Gasteiger charge is 2.41. The number of halogens is 13. The number of benzene rings is 1. The molecule has 0 radical (unpaired) electrons. The zero-order valence-electron chi connectivity index (χ0n) is 39.5. The van der Waals surface area contributed by atoms with Crippen molar-refractivity contribution in [3.8, 4) is 17.8 Å². The van der Waals surface area contributed by atoms with Crippen LogP contribution in [0.3, 0.4) is 0 Å². The molecule has 0 fully saturated rings. The molecule has 2 amide bonds. The first kappa shape index (κ1) is 63.6. The van der Waals surface area contributed by atoms with Gasteiger partial charge in [-0.05, 0) is 47.5 Å². The number of nitrogens with one attached hydrogen (secondary N) is 1. The highest BCUT2D eigenvalue weighted by Crippen LogP contribution is 2.34. The summed E-state index contributed by atoms with van der Waals surface area (Å²) in [5, 5.41) is 21.8. The number of Topliss-reactive ketones (excluding diaryl/α,β-unsaturated/α-hetero) is 1. The normalized spacial score (nSPS) is 12.2. The fourth-order valence-corrected chi connectivity index (χ4v) is 6.02. The van der Waals surface area contributed by atoms with Gasteiger partial charge in [-0.2, -0.15) is 77.3 Å². The van der Waals surface area contributed by atoms with Crippen molar-refractivity contribution in [3.63, 3.8) is 0 Å². The maximum Gasteiger partial charge on any atom is 0.420 e. The molecule has 8 heterocycles. The van der Waals surface area contributed by atoms with Crippen molar-refractivity contribution >= 4 is 41.4 Å². The predicted molar refractivity (Wildman–Crippen MR) is 256 cm³/mol. The van der Waals surface area contributed by atoms with Crippen LogP contribution in [0.5, 0.6) is 0 Å². The number of aromatic nitrogens is 14. The summed E-state index contributed by atoms with van der Waals surface area (Å²) in [6, 6.07) is 12.9. The molecule has 1 aliphatic heterocycles. The number of allylic oxidation sites excluding steroid dienone is 1. The van der Waals surface area contributed by atoms with Crippen LogP contribution in [0, 0.1) is 0 Å². The molecule has 1 atom stereocenters. The number of nitrogens with zero attached hydrogens (tertiary/aromatic N) is 15. The molecule has 81 heavy (non-hydrogen) atoms. The number of carbonyl (C=O) groups is 4. The number of nitrogens with two attached hydrogens (primary N) is 1. The minimum absolute atomic E-state index is 0. The van der Waals surface area contributed by atoms with Crippen molar-refractivity contribution in [1.82, 2.24) is 74.5 Å². The summed E-state index contributed by atoms with van der Waals surface area (Å²) in [7, 11) is 0. The van der Waals surface area contributed by atoms with Crippen molar-refractivity contribution < 1.29 is 77.0 Å². The molecule has 1 aromatic carbocycles. The number of hydrogen-bond acceptors (Lipinski definition) is 16. The minimum Gasteiger partial charge on any atom is -0.476 e. The lowest BCUT2D eigenvalue weighted by atomic mass is 10.0. The summed E-state index contributed by atoms with van der Waals surface area (Å²) in [4.78, 5) is 80.5. The number of ketones is 1. The maximum atomic E-state index is 13.5. The summed E-state index contributed by atoms with van der Waals surface area (Å²) in [5.74, 6) is -5.98. The van der Waals surface area contributed by atoms with Gasteiger partial charge in [0.25, 0.3) is 23.7 Å². The molecular weight excluding hydrogens is 1130 g/mol. The molecule has 9 rings (SSSR count). The lowest BCUT2D eigenvalue weighted by Gasteiger charge is -2.18. The highest BCUT2D eigenvalue weighted by atomic mass is 35.5. The van der Waals surface area contributed by atoms with Gasteiger partial charge in [0.15, 0.2) is 5.69 Å². The average Bonchev–Trinajstić information content (AvgIpc) is 4.45. The van der Waals surface area contributed by atoms with Crippen LogP contribution in [0.4, 0.5) is 52.7 Å². The molecule has 8 aromatic rings. The summed E-state index contributed by atoms with van der Waals surface area (Å²) in [5.41, 5.74) is -0.519. The molecule has 0 saturated carbocycles. The third-order valence-corrected chi connectivity index (χ3v) is 9.57. The molecule has 0 bridgehead atoms. The summed E-state index contributed by atoms with van der Waals surface area (Å²) in [6.45, 7) is 0.162. The van der Waals surface area contributed by atoms with Gasteiger partial charge in [0.1, 0.15) is 22.9 Å². The largest absolute Gasteiger partial charge is 0.476 e. The van der Waals surface area contributed by atoms with Gasteiger partial charge in [-0.15, -0.1) is 0 Å². The van der Waals surface area contributed by atoms with E-state index < -0.39 is 88.0 Å². The quantitative estimate of drug-likeness (QED) is 0.0680. The van der Waals surface area contributed by atoms with Gasteiger partial charge in [0, 0.05) is 68.4 Å². The number of carbonyl (C=O) groups excluding carboxylic acids is 3. The average molecular weight is 1170 g/mol. The Morgan fingerprint density at radius 2 is 1.06 bits per heavy atom. The molecule has 22 nitrogen and oxygen atoms in total. The Morgan fingerprint density at radius 3 is 1.43 bits per heavy atom. The molecule has 1 aliphatic rings. The topological polar surface area (TPSA) is 295 Å². The molecule has 7 aromatic heterocycles. The number of aromatic carboxylic acids is 1. The van der Waals surface area contributed by atoms with E-state index in [0.29, 0.717) is 32.6 Å². The van der Waals surface area contributed by atoms with Crippen LogP contribution in [-0.2, 0) is 34.5 Å². The van der Waals surface area contributed by atoms with E-state index in [1.54, 1.807) is 54.9 Å². The van der Waals surface area contributed by atoms with Crippen LogP contribution < -0.4 is 11.1 Å². The smallest absolute Gasteiger partial charge is 0.420 e. The van der Waals surface area contributed by atoms with Gasteiger partial charge in [0.2, 0.25) is 17.0 Å². The van der Waals surface area contributed by atoms with Crippen LogP contribution >= 0.6 is 11.6 Å². The molecular formula is C46H36ClF12N17O5. The summed E-state index contributed by atoms with van der Waals surface area (Å²) in [6.07, 6.45) is -3.05. The number of aliphatic imine (C=N–C) groups is 1. The molecule has 0 saturated heterocycles. The number of hydrogen-bond donors (Lipinski definition) is 3. The third-order valence-electron chi connectivity index (χ3n) is 9.37. The lowest BCUT2D eigenvalue weighted by molar-refractivity contribution is -0.138. The van der Waals surface area contributed by atoms with Crippen LogP contribution in [0.2, 0.25) is 5.28 Å². The van der Waals surface area contributed by atoms with Crippen LogP contribution in [0.25, 0.3) is 17.8 Å². The van der Waals surface area contributed by atoms with Gasteiger partial charge in [-0.25, -0.2) is 49.3 Å². The number of carboxylic acid groups (broad SMARTS) is 1. The van der Waals surface area contributed by atoms with Crippen LogP contribution in [0.1, 0.15) is 50.7 Å². The van der Waals surface area contributed by atoms with E-state index >= 15 is 0 Å². The van der Waals surface area contributed by atoms with Crippen LogP contribution in [-0.4, -0.2) is 123 Å². The van der Waals surface area contributed by atoms with Gasteiger partial charge in [-0.1, -0.05) is 37.8 Å². The summed E-state index contributed by atoms with van der Waals surface area (Å²) < 4.78 is 152. The molecule has 426 valence electrons. The van der Waals surface area contributed by atoms with E-state index in [0.717, 1.165) is 29.4 Å². The van der Waals surface area contributed by atoms with Gasteiger partial charge >= 0.3 is 30.7 Å². The van der Waals surface area contributed by atoms with Crippen LogP contribution in [0.15, 0.2) is 146 Å². The fourth-order valence-electron chi connectivity index (χ4n) is 5.91. The van der Waals surface area contributed by atoms with Crippen molar-refractivity contribution in [1.29, 1.82) is 0 Å². The number of primary amides is 1. The third kappa shape index (κ3) is 18.6. The maximum absolute atomic E-state index is 13.5. The van der Waals surface area contributed by atoms with E-state index in [1.165, 1.54) is 49.3 Å². The Hall–Kier alpha value is -9.89. The lowest BCUT2D eigenvalue weighted by Crippen LogP contribution is -2.48. The Balaban J connectivity index is 0.000000239. The first-order valence-electron chi connectivity index (χ1n) is 21.5. The van der Waals surface area contributed by atoms with E-state index in [9.17, 15) is 71.9 Å². The Bertz CT molecular complexity index is 3380. The van der Waals surface area contributed by atoms with Crippen molar-refractivity contribution in [2.45, 2.75) is 44.6 Å². The van der Waals surface area contributed by atoms with Crippen molar-refractivity contribution in [2.75, 3.05) is 6.54 Å². The van der Waals surface area contributed by atoms with E-state index in [-0.39, 0.29) is 38.2 Å². The predicted octanol–water partition coefficient (Wildman–Crippen LogP) is 7.46. The number of rotatable bonds is 10. The SMILES string of the molecule is C.Clc1ncccn1.FC(F)(F)C1=CCN=C1.FC(F)(F)c1cnn(-c2ncccn2)c1.NC(=O)C(=O)C(Cc1ccccc1)NC(=O)c1c(C(F)(F)F)cnn1-c1ncccn1.O=C(O)c1c(C(F)(F)F)cnn1-c1ncccn1. The van der Waals surface area contributed by atoms with Crippen molar-refractivity contribution in [2.24, 2.45) is 10.7 Å². The van der Waals surface area contributed by atoms with Gasteiger partial charge in [0.05, 0.1) is 36.3 Å². The van der Waals surface area contributed by atoms with E-state index in [4.69, 9.17) is 22.4 Å². The molecule has 35 heteroatoms. The Morgan fingerprint density at radius 1 is 0.605 bits per heavy atom. The number of amides is 2. The summed E-state index contributed by atoms with van der Waals surface area (Å²) >= 11 is 5.32. The number of alkyl halides is 12. The number of carboxylic acids is 1. The van der Waals surface area contributed by atoms with Gasteiger partial charge < -0.3 is 16.2 Å². The molecule has 0 aliphatic carbocycles. The highest BCUT2D eigenvalue weighted by molar-refractivity contribution is 6.38. The molecule has 1 unspecified atom stereocenters. The second-order valence-electron chi connectivity index (χ2n) is 14.9. The monoisotopic (exact) mass is 1170 g/mol. The Kier molecular flexibility index (Phi) is 22.1. The molecule has 0 spiro atoms. The zero-order valence-corrected chi connectivity index (χ0v) is 40.3. The van der Waals surface area contributed by atoms with Crippen molar-refractivity contribution in [3.05, 3.63) is 180 Å². The second-order valence-corrected chi connectivity index (χ2v) is 15.2. The standard InChI is InChI=1S/C19H15F3N6O3.C9H5F3N4O2.C8H5F3N4.C5H4F3N.C4H3ClN2.CH4/c20-19(21,22)12-10-26-28(18-24-7-4-8-25-18)14(12)17(31)27-13(15(29)16(23)30)9-11-5-2-1-3-6-11;10-9(11,12)5-4-15-16(6(5)7(17)18)8-13-2-1-3-14-8;9-8(10,11)6-4-14-15(5-6)7-12-2-1-3-13-7;6-5(7,8)4-1-2-9-3-4;5-4-6-2-1-3-7-4;/h1-8,10,13H,9H2,(H2,23,30)(H,27,31);1-4H,(H,17,18);1-5H;1,3H,2H2;1-3H;1H4. The minimum atomic E-state index is -4.93. The zero-order chi connectivity index (χ0) is 58.8. The van der Waals surface area contributed by atoms with E-state index in [2.05, 4.69) is 65.5 Å². The Labute approximate surface area is 451 Å². The first-order chi connectivity index (χ1) is 37.7. The second kappa shape index (κ2) is 28.1. The fraction of sp³-hybridized carbons (Fsp3) is 0.174. The van der Waals surface area contributed by atoms with E-state index in [1.807, 2.05) is 0 Å². The van der Waals surface area contributed by atoms with Gasteiger partial charge in [-0.3, -0.25) is 19.4 Å². The molecule has 4 N–H and O–H groups in total. The first-order valence-corrected chi connectivity index (χ1v) is 21.9.